The summed E-state index contributed by atoms with van der Waals surface area (Å²) in [6, 6.07) is 2.99. The third-order valence-electron chi connectivity index (χ3n) is 2.48. The van der Waals surface area contributed by atoms with Crippen LogP contribution in [0.4, 0.5) is 0 Å². The molecule has 0 aliphatic heterocycles. The molecule has 5 nitrogen and oxygen atoms in total. The molecule has 0 N–H and O–H groups in total. The first-order valence-electron chi connectivity index (χ1n) is 5.49. The molecule has 98 valence electrons. The summed E-state index contributed by atoms with van der Waals surface area (Å²) in [5, 5.41) is 0. The quantitative estimate of drug-likeness (QED) is 0.454. The zero-order valence-electron chi connectivity index (χ0n) is 10.9. The monoisotopic (exact) mass is 252 g/mol. The van der Waals surface area contributed by atoms with Crippen LogP contribution in [-0.4, -0.2) is 32.6 Å². The largest absolute Gasteiger partial charge is 0.496 e. The van der Waals surface area contributed by atoms with Crippen LogP contribution in [0.1, 0.15) is 22.8 Å². The minimum absolute atomic E-state index is 0.157. The molecule has 0 aliphatic rings. The summed E-state index contributed by atoms with van der Waals surface area (Å²) in [6.45, 7) is 3.60. The normalized spacial score (nSPS) is 9.78. The lowest BCUT2D eigenvalue weighted by molar-refractivity contribution is -0.137. The highest BCUT2D eigenvalue weighted by atomic mass is 16.5. The van der Waals surface area contributed by atoms with E-state index in [9.17, 15) is 9.59 Å². The zero-order chi connectivity index (χ0) is 13.7. The second kappa shape index (κ2) is 6.05. The number of hydrogen-bond acceptors (Lipinski definition) is 5. The van der Waals surface area contributed by atoms with Gasteiger partial charge in [0.1, 0.15) is 11.5 Å². The zero-order valence-corrected chi connectivity index (χ0v) is 10.9. The minimum Gasteiger partial charge on any atom is -0.496 e. The topological polar surface area (TPSA) is 61.8 Å². The molecule has 1 aromatic rings. The average Bonchev–Trinajstić information content (AvgIpc) is 2.38. The third-order valence-corrected chi connectivity index (χ3v) is 2.48. The number of ketones is 1. The number of carbonyl (C=O) groups is 2. The van der Waals surface area contributed by atoms with Crippen molar-refractivity contribution in [2.24, 2.45) is 0 Å². The van der Waals surface area contributed by atoms with Crippen molar-refractivity contribution in [2.45, 2.75) is 13.8 Å². The van der Waals surface area contributed by atoms with Crippen LogP contribution in [0.25, 0.3) is 0 Å². The van der Waals surface area contributed by atoms with Gasteiger partial charge in [-0.1, -0.05) is 0 Å². The SMILES string of the molecule is CCOC(=O)C(=O)c1cc(OC)c(C)c(OC)c1. The van der Waals surface area contributed by atoms with Crippen molar-refractivity contribution >= 4 is 11.8 Å². The van der Waals surface area contributed by atoms with Gasteiger partial charge < -0.3 is 14.2 Å². The lowest BCUT2D eigenvalue weighted by Crippen LogP contribution is -2.17. The lowest BCUT2D eigenvalue weighted by Gasteiger charge is -2.11. The highest BCUT2D eigenvalue weighted by molar-refractivity contribution is 6.40. The first-order valence-corrected chi connectivity index (χ1v) is 5.49. The number of rotatable bonds is 5. The van der Waals surface area contributed by atoms with Crippen LogP contribution in [0, 0.1) is 6.92 Å². The van der Waals surface area contributed by atoms with E-state index >= 15 is 0 Å². The van der Waals surface area contributed by atoms with Gasteiger partial charge in [-0.25, -0.2) is 4.79 Å². The molecule has 0 heterocycles. The second-order valence-corrected chi connectivity index (χ2v) is 3.56. The standard InChI is InChI=1S/C13H16O5/c1-5-18-13(15)12(14)9-6-10(16-3)8(2)11(7-9)17-4/h6-7H,5H2,1-4H3. The maximum absolute atomic E-state index is 11.8. The Bertz CT molecular complexity index is 439. The summed E-state index contributed by atoms with van der Waals surface area (Å²) in [7, 11) is 2.97. The summed E-state index contributed by atoms with van der Waals surface area (Å²) in [6.07, 6.45) is 0. The molecule has 0 saturated heterocycles. The van der Waals surface area contributed by atoms with E-state index < -0.39 is 11.8 Å². The van der Waals surface area contributed by atoms with Crippen LogP contribution in [-0.2, 0) is 9.53 Å². The third kappa shape index (κ3) is 2.80. The Balaban J connectivity index is 3.17. The molecule has 0 aliphatic carbocycles. The molecular weight excluding hydrogens is 236 g/mol. The molecule has 5 heteroatoms. The molecule has 1 aromatic carbocycles. The Kier molecular flexibility index (Phi) is 4.71. The van der Waals surface area contributed by atoms with Crippen LogP contribution in [0.15, 0.2) is 12.1 Å². The molecule has 0 aromatic heterocycles. The van der Waals surface area contributed by atoms with Crippen molar-refractivity contribution < 1.29 is 23.8 Å². The summed E-state index contributed by atoms with van der Waals surface area (Å²) in [5.74, 6) is -0.622. The first-order chi connectivity index (χ1) is 8.54. The number of esters is 1. The fourth-order valence-electron chi connectivity index (χ4n) is 1.53. The van der Waals surface area contributed by atoms with E-state index in [1.165, 1.54) is 26.4 Å². The lowest BCUT2D eigenvalue weighted by atomic mass is 10.1. The molecule has 0 spiro atoms. The summed E-state index contributed by atoms with van der Waals surface area (Å²) >= 11 is 0. The van der Waals surface area contributed by atoms with Crippen LogP contribution >= 0.6 is 0 Å². The molecular formula is C13H16O5. The van der Waals surface area contributed by atoms with Gasteiger partial charge in [-0.3, -0.25) is 4.79 Å². The highest BCUT2D eigenvalue weighted by Gasteiger charge is 2.20. The van der Waals surface area contributed by atoms with E-state index in [-0.39, 0.29) is 12.2 Å². The Morgan fingerprint density at radius 1 is 1.11 bits per heavy atom. The summed E-state index contributed by atoms with van der Waals surface area (Å²) in [4.78, 5) is 23.2. The molecule has 0 fully saturated rings. The summed E-state index contributed by atoms with van der Waals surface area (Å²) < 4.78 is 14.9. The predicted molar refractivity (Wildman–Crippen MR) is 65.2 cm³/mol. The molecule has 0 saturated carbocycles. The Morgan fingerprint density at radius 2 is 1.61 bits per heavy atom. The van der Waals surface area contributed by atoms with E-state index in [4.69, 9.17) is 9.47 Å². The maximum Gasteiger partial charge on any atom is 0.379 e. The van der Waals surface area contributed by atoms with Crippen LogP contribution in [0.3, 0.4) is 0 Å². The van der Waals surface area contributed by atoms with Crippen LogP contribution < -0.4 is 9.47 Å². The number of ether oxygens (including phenoxy) is 3. The number of hydrogen-bond donors (Lipinski definition) is 0. The van der Waals surface area contributed by atoms with Crippen molar-refractivity contribution in [1.82, 2.24) is 0 Å². The van der Waals surface area contributed by atoms with Gasteiger partial charge in [0.05, 0.1) is 20.8 Å². The van der Waals surface area contributed by atoms with Crippen molar-refractivity contribution in [3.8, 4) is 11.5 Å². The Hall–Kier alpha value is -2.04. The van der Waals surface area contributed by atoms with Crippen LogP contribution in [0.5, 0.6) is 11.5 Å². The van der Waals surface area contributed by atoms with Gasteiger partial charge in [0.15, 0.2) is 0 Å². The molecule has 0 amide bonds. The van der Waals surface area contributed by atoms with E-state index in [0.29, 0.717) is 11.5 Å². The van der Waals surface area contributed by atoms with E-state index in [2.05, 4.69) is 4.74 Å². The second-order valence-electron chi connectivity index (χ2n) is 3.56. The average molecular weight is 252 g/mol. The van der Waals surface area contributed by atoms with E-state index in [1.807, 2.05) is 0 Å². The van der Waals surface area contributed by atoms with Gasteiger partial charge in [0, 0.05) is 11.1 Å². The number of carbonyl (C=O) groups excluding carboxylic acids is 2. The highest BCUT2D eigenvalue weighted by Crippen LogP contribution is 2.29. The first kappa shape index (κ1) is 14.0. The Morgan fingerprint density at radius 3 is 2.00 bits per heavy atom. The predicted octanol–water partition coefficient (Wildman–Crippen LogP) is 1.76. The Labute approximate surface area is 106 Å². The van der Waals surface area contributed by atoms with Gasteiger partial charge in [-0.2, -0.15) is 0 Å². The van der Waals surface area contributed by atoms with E-state index in [0.717, 1.165) is 5.56 Å². The smallest absolute Gasteiger partial charge is 0.379 e. The van der Waals surface area contributed by atoms with Gasteiger partial charge in [-0.15, -0.1) is 0 Å². The molecule has 0 radical (unpaired) electrons. The van der Waals surface area contributed by atoms with Gasteiger partial charge in [-0.05, 0) is 26.0 Å². The van der Waals surface area contributed by atoms with Crippen LogP contribution in [0.2, 0.25) is 0 Å². The fourth-order valence-corrected chi connectivity index (χ4v) is 1.53. The summed E-state index contributed by atoms with van der Waals surface area (Å²) in [5.41, 5.74) is 0.952. The molecule has 0 bridgehead atoms. The van der Waals surface area contributed by atoms with Gasteiger partial charge >= 0.3 is 5.97 Å². The van der Waals surface area contributed by atoms with Crippen molar-refractivity contribution in [2.75, 3.05) is 20.8 Å². The molecule has 0 atom stereocenters. The van der Waals surface area contributed by atoms with Crippen molar-refractivity contribution in [3.63, 3.8) is 0 Å². The van der Waals surface area contributed by atoms with Crippen molar-refractivity contribution in [3.05, 3.63) is 23.3 Å². The number of benzene rings is 1. The van der Waals surface area contributed by atoms with Crippen molar-refractivity contribution in [1.29, 1.82) is 0 Å². The molecule has 18 heavy (non-hydrogen) atoms. The molecule has 1 rings (SSSR count). The minimum atomic E-state index is -0.884. The van der Waals surface area contributed by atoms with Gasteiger partial charge in [0.25, 0.3) is 5.78 Å². The molecule has 0 unspecified atom stereocenters. The maximum atomic E-state index is 11.8. The fraction of sp³-hybridized carbons (Fsp3) is 0.385. The number of Topliss-reactive ketones (excluding diaryl/α,β-unsaturated/α-hetero) is 1. The number of methoxy groups -OCH3 is 2. The van der Waals surface area contributed by atoms with E-state index in [1.54, 1.807) is 13.8 Å². The van der Waals surface area contributed by atoms with Gasteiger partial charge in [0.2, 0.25) is 0 Å².